The average Bonchev–Trinajstić information content (AvgIpc) is 2.75. The van der Waals surface area contributed by atoms with Crippen molar-refractivity contribution in [1.82, 2.24) is 9.80 Å². The van der Waals surface area contributed by atoms with Crippen molar-refractivity contribution in [3.8, 4) is 0 Å². The minimum absolute atomic E-state index is 0.00411. The van der Waals surface area contributed by atoms with Crippen LogP contribution in [0.5, 0.6) is 0 Å². The van der Waals surface area contributed by atoms with E-state index in [4.69, 9.17) is 0 Å². The topological polar surface area (TPSA) is 52.7 Å². The van der Waals surface area contributed by atoms with E-state index in [9.17, 15) is 9.59 Å². The van der Waals surface area contributed by atoms with Gasteiger partial charge in [-0.15, -0.1) is 0 Å². The molecule has 30 heavy (non-hydrogen) atoms. The summed E-state index contributed by atoms with van der Waals surface area (Å²) >= 11 is 0. The van der Waals surface area contributed by atoms with Crippen molar-refractivity contribution in [2.45, 2.75) is 39.2 Å². The van der Waals surface area contributed by atoms with Gasteiger partial charge in [0.1, 0.15) is 0 Å². The summed E-state index contributed by atoms with van der Waals surface area (Å²) in [5.41, 5.74) is 3.28. The molecule has 5 heteroatoms. The van der Waals surface area contributed by atoms with Crippen LogP contribution >= 0.6 is 0 Å². The van der Waals surface area contributed by atoms with Gasteiger partial charge >= 0.3 is 0 Å². The summed E-state index contributed by atoms with van der Waals surface area (Å²) in [5, 5.41) is 2.86. The molecule has 3 rings (SSSR count). The highest BCUT2D eigenvalue weighted by molar-refractivity contribution is 5.95. The smallest absolute Gasteiger partial charge is 0.243 e. The molecular weight excluding hydrogens is 374 g/mol. The Balaban J connectivity index is 1.44. The molecule has 0 aromatic heterocycles. The van der Waals surface area contributed by atoms with Crippen molar-refractivity contribution in [1.29, 1.82) is 0 Å². The number of benzene rings is 2. The molecule has 1 fully saturated rings. The maximum atomic E-state index is 12.9. The van der Waals surface area contributed by atoms with Crippen LogP contribution in [0.4, 0.5) is 5.69 Å². The molecule has 1 atom stereocenters. The molecule has 0 saturated carbocycles. The third-order valence-corrected chi connectivity index (χ3v) is 6.01. The van der Waals surface area contributed by atoms with Crippen LogP contribution in [0.3, 0.4) is 0 Å². The van der Waals surface area contributed by atoms with Crippen LogP contribution in [0.15, 0.2) is 54.6 Å². The number of anilines is 1. The number of likely N-dealkylation sites (N-methyl/N-ethyl adjacent to an activating group) is 1. The highest BCUT2D eigenvalue weighted by Crippen LogP contribution is 2.23. The molecular formula is C25H33N3O2. The second-order valence-corrected chi connectivity index (χ2v) is 8.45. The van der Waals surface area contributed by atoms with Crippen molar-refractivity contribution >= 4 is 17.5 Å². The first kappa shape index (κ1) is 22.0. The Bertz CT molecular complexity index is 827. The van der Waals surface area contributed by atoms with Crippen molar-refractivity contribution < 1.29 is 9.59 Å². The lowest BCUT2D eigenvalue weighted by Crippen LogP contribution is -2.50. The van der Waals surface area contributed by atoms with E-state index >= 15 is 0 Å². The van der Waals surface area contributed by atoms with Gasteiger partial charge in [-0.25, -0.2) is 0 Å². The number of amides is 2. The molecule has 1 saturated heterocycles. The highest BCUT2D eigenvalue weighted by Gasteiger charge is 2.29. The van der Waals surface area contributed by atoms with E-state index in [2.05, 4.69) is 40.5 Å². The van der Waals surface area contributed by atoms with Crippen LogP contribution in [0.2, 0.25) is 0 Å². The Labute approximate surface area is 180 Å². The van der Waals surface area contributed by atoms with E-state index in [0.717, 1.165) is 43.6 Å². The number of aryl methyl sites for hydroxylation is 1. The summed E-state index contributed by atoms with van der Waals surface area (Å²) in [4.78, 5) is 28.9. The lowest BCUT2D eigenvalue weighted by atomic mass is 9.89. The Morgan fingerprint density at radius 3 is 2.33 bits per heavy atom. The van der Waals surface area contributed by atoms with Crippen molar-refractivity contribution in [2.75, 3.05) is 32.0 Å². The zero-order chi connectivity index (χ0) is 21.5. The maximum absolute atomic E-state index is 12.9. The molecule has 2 amide bonds. The molecule has 5 nitrogen and oxygen atoms in total. The maximum Gasteiger partial charge on any atom is 0.243 e. The fourth-order valence-electron chi connectivity index (χ4n) is 4.10. The molecule has 0 bridgehead atoms. The Kier molecular flexibility index (Phi) is 7.63. The van der Waals surface area contributed by atoms with Gasteiger partial charge in [0.15, 0.2) is 0 Å². The van der Waals surface area contributed by atoms with E-state index in [-0.39, 0.29) is 24.4 Å². The third kappa shape index (κ3) is 6.17. The van der Waals surface area contributed by atoms with E-state index in [1.807, 2.05) is 38.1 Å². The SMILES string of the molecule is Cc1ccc(NC(=O)CN(C)C(=O)C(C)N2CCC(Cc3ccccc3)CC2)cc1. The number of hydrogen-bond acceptors (Lipinski definition) is 3. The number of nitrogens with one attached hydrogen (secondary N) is 1. The van der Waals surface area contributed by atoms with Crippen LogP contribution < -0.4 is 5.32 Å². The quantitative estimate of drug-likeness (QED) is 0.761. The molecule has 1 aliphatic heterocycles. The van der Waals surface area contributed by atoms with Gasteiger partial charge in [-0.05, 0) is 69.8 Å². The first-order valence-electron chi connectivity index (χ1n) is 10.8. The number of piperidine rings is 1. The predicted molar refractivity (Wildman–Crippen MR) is 121 cm³/mol. The van der Waals surface area contributed by atoms with Gasteiger partial charge < -0.3 is 10.2 Å². The molecule has 1 aliphatic rings. The van der Waals surface area contributed by atoms with Gasteiger partial charge in [0.25, 0.3) is 0 Å². The zero-order valence-electron chi connectivity index (χ0n) is 18.3. The van der Waals surface area contributed by atoms with Crippen LogP contribution in [-0.4, -0.2) is 54.3 Å². The van der Waals surface area contributed by atoms with Gasteiger partial charge in [-0.3, -0.25) is 14.5 Å². The summed E-state index contributed by atoms with van der Waals surface area (Å²) in [6.07, 6.45) is 3.31. The molecule has 1 unspecified atom stereocenters. The molecule has 0 radical (unpaired) electrons. The zero-order valence-corrected chi connectivity index (χ0v) is 18.3. The fourth-order valence-corrected chi connectivity index (χ4v) is 4.10. The van der Waals surface area contributed by atoms with Crippen molar-refractivity contribution in [2.24, 2.45) is 5.92 Å². The molecule has 2 aromatic carbocycles. The molecule has 1 heterocycles. The second kappa shape index (κ2) is 10.4. The van der Waals surface area contributed by atoms with E-state index < -0.39 is 0 Å². The van der Waals surface area contributed by atoms with E-state index in [1.165, 1.54) is 10.5 Å². The minimum Gasteiger partial charge on any atom is -0.335 e. The van der Waals surface area contributed by atoms with E-state index in [0.29, 0.717) is 5.92 Å². The molecule has 0 aliphatic carbocycles. The van der Waals surface area contributed by atoms with Gasteiger partial charge in [0, 0.05) is 12.7 Å². The van der Waals surface area contributed by atoms with Gasteiger partial charge in [-0.1, -0.05) is 48.0 Å². The number of likely N-dealkylation sites (tertiary alicyclic amines) is 1. The summed E-state index contributed by atoms with van der Waals surface area (Å²) < 4.78 is 0. The van der Waals surface area contributed by atoms with Crippen LogP contribution in [0.1, 0.15) is 30.9 Å². The first-order valence-corrected chi connectivity index (χ1v) is 10.8. The first-order chi connectivity index (χ1) is 14.4. The number of hydrogen-bond donors (Lipinski definition) is 1. The van der Waals surface area contributed by atoms with Gasteiger partial charge in [-0.2, -0.15) is 0 Å². The molecule has 0 spiro atoms. The second-order valence-electron chi connectivity index (χ2n) is 8.45. The van der Waals surface area contributed by atoms with Crippen LogP contribution in [0.25, 0.3) is 0 Å². The summed E-state index contributed by atoms with van der Waals surface area (Å²) in [6.45, 7) is 5.86. The summed E-state index contributed by atoms with van der Waals surface area (Å²) in [6, 6.07) is 18.1. The lowest BCUT2D eigenvalue weighted by molar-refractivity contribution is -0.138. The Morgan fingerprint density at radius 2 is 1.70 bits per heavy atom. The number of carbonyl (C=O) groups excluding carboxylic acids is 2. The summed E-state index contributed by atoms with van der Waals surface area (Å²) in [7, 11) is 1.70. The minimum atomic E-state index is -0.208. The lowest BCUT2D eigenvalue weighted by Gasteiger charge is -2.36. The van der Waals surface area contributed by atoms with Crippen molar-refractivity contribution in [3.05, 3.63) is 65.7 Å². The predicted octanol–water partition coefficient (Wildman–Crippen LogP) is 3.74. The van der Waals surface area contributed by atoms with Crippen molar-refractivity contribution in [3.63, 3.8) is 0 Å². The molecule has 2 aromatic rings. The molecule has 160 valence electrons. The number of nitrogens with zero attached hydrogens (tertiary/aromatic N) is 2. The van der Waals surface area contributed by atoms with Crippen LogP contribution in [-0.2, 0) is 16.0 Å². The number of rotatable bonds is 7. The van der Waals surface area contributed by atoms with Gasteiger partial charge in [0.05, 0.1) is 12.6 Å². The summed E-state index contributed by atoms with van der Waals surface area (Å²) in [5.74, 6) is 0.489. The largest absolute Gasteiger partial charge is 0.335 e. The van der Waals surface area contributed by atoms with Crippen LogP contribution in [0, 0.1) is 12.8 Å². The normalized spacial score (nSPS) is 16.1. The Hall–Kier alpha value is -2.66. The highest BCUT2D eigenvalue weighted by atomic mass is 16.2. The number of carbonyl (C=O) groups is 2. The molecule has 1 N–H and O–H groups in total. The fraction of sp³-hybridized carbons (Fsp3) is 0.440. The standard InChI is InChI=1S/C25H33N3O2/c1-19-9-11-23(12-10-19)26-24(29)18-27(3)25(30)20(2)28-15-13-22(14-16-28)17-21-7-5-4-6-8-21/h4-12,20,22H,13-18H2,1-3H3,(H,26,29). The third-order valence-electron chi connectivity index (χ3n) is 6.01. The van der Waals surface area contributed by atoms with Gasteiger partial charge in [0.2, 0.25) is 11.8 Å². The average molecular weight is 408 g/mol. The van der Waals surface area contributed by atoms with E-state index in [1.54, 1.807) is 7.05 Å². The Morgan fingerprint density at radius 1 is 1.07 bits per heavy atom. The monoisotopic (exact) mass is 407 g/mol.